The van der Waals surface area contributed by atoms with Gasteiger partial charge in [-0.25, -0.2) is 10.9 Å². The van der Waals surface area contributed by atoms with E-state index >= 15 is 0 Å². The van der Waals surface area contributed by atoms with Crippen LogP contribution < -0.4 is 20.9 Å². The maximum absolute atomic E-state index is 5.13. The third kappa shape index (κ3) is 2.28. The molecule has 0 saturated carbocycles. The van der Waals surface area contributed by atoms with Crippen LogP contribution in [-0.2, 0) is 0 Å². The highest BCUT2D eigenvalue weighted by molar-refractivity contribution is 5.29. The first-order valence-corrected chi connectivity index (χ1v) is 5.15. The van der Waals surface area contributed by atoms with E-state index in [0.29, 0.717) is 12.2 Å². The summed E-state index contributed by atoms with van der Waals surface area (Å²) in [6.07, 6.45) is 1.39. The lowest BCUT2D eigenvalue weighted by Gasteiger charge is -2.10. The molecule has 4 heteroatoms. The predicted molar refractivity (Wildman–Crippen MR) is 59.5 cm³/mol. The van der Waals surface area contributed by atoms with Gasteiger partial charge in [-0.1, -0.05) is 12.1 Å². The van der Waals surface area contributed by atoms with Crippen molar-refractivity contribution in [3.63, 3.8) is 0 Å². The summed E-state index contributed by atoms with van der Waals surface area (Å²) >= 11 is 0. The maximum Gasteiger partial charge on any atom is 0.118 e. The van der Waals surface area contributed by atoms with E-state index < -0.39 is 0 Å². The highest BCUT2D eigenvalue weighted by Crippen LogP contribution is 2.23. The van der Waals surface area contributed by atoms with E-state index in [1.54, 1.807) is 7.11 Å². The largest absolute Gasteiger partial charge is 0.497 e. The molecule has 1 heterocycles. The van der Waals surface area contributed by atoms with Crippen LogP contribution in [0, 0.1) is 0 Å². The molecule has 1 aliphatic heterocycles. The van der Waals surface area contributed by atoms with Gasteiger partial charge in [-0.05, 0) is 31.2 Å². The molecule has 1 aromatic carbocycles. The molecule has 3 N–H and O–H groups in total. The molecule has 0 radical (unpaired) electrons. The Bertz CT molecular complexity index is 312. The van der Waals surface area contributed by atoms with E-state index in [-0.39, 0.29) is 0 Å². The van der Waals surface area contributed by atoms with Crippen LogP contribution in [0.25, 0.3) is 0 Å². The summed E-state index contributed by atoms with van der Waals surface area (Å²) in [6, 6.07) is 8.54. The zero-order valence-electron chi connectivity index (χ0n) is 9.08. The molecule has 0 spiro atoms. The summed E-state index contributed by atoms with van der Waals surface area (Å²) in [7, 11) is 3.64. The summed E-state index contributed by atoms with van der Waals surface area (Å²) in [4.78, 5) is 0. The van der Waals surface area contributed by atoms with E-state index in [1.807, 2.05) is 19.2 Å². The Morgan fingerprint density at radius 1 is 1.27 bits per heavy atom. The Labute approximate surface area is 90.0 Å². The molecule has 0 amide bonds. The number of hydrogen-bond donors (Lipinski definition) is 3. The quantitative estimate of drug-likeness (QED) is 0.685. The molecular weight excluding hydrogens is 190 g/mol. The minimum Gasteiger partial charge on any atom is -0.497 e. The van der Waals surface area contributed by atoms with Crippen LogP contribution >= 0.6 is 0 Å². The minimum absolute atomic E-state index is 0.345. The molecule has 15 heavy (non-hydrogen) atoms. The van der Waals surface area contributed by atoms with Crippen LogP contribution in [0.15, 0.2) is 24.3 Å². The number of benzene rings is 1. The molecule has 82 valence electrons. The number of ether oxygens (including phenoxy) is 1. The molecule has 1 aliphatic rings. The summed E-state index contributed by atoms with van der Waals surface area (Å²) in [5, 5.41) is 3.19. The van der Waals surface area contributed by atoms with E-state index in [0.717, 1.165) is 12.2 Å². The lowest BCUT2D eigenvalue weighted by atomic mass is 10.0. The molecule has 0 aromatic heterocycles. The second-order valence-electron chi connectivity index (χ2n) is 3.69. The van der Waals surface area contributed by atoms with Crippen LogP contribution in [0.3, 0.4) is 0 Å². The third-order valence-electron chi connectivity index (χ3n) is 2.77. The first-order valence-electron chi connectivity index (χ1n) is 5.15. The fourth-order valence-corrected chi connectivity index (χ4v) is 1.80. The van der Waals surface area contributed by atoms with Crippen molar-refractivity contribution < 1.29 is 4.74 Å². The van der Waals surface area contributed by atoms with E-state index in [1.165, 1.54) is 5.56 Å². The summed E-state index contributed by atoms with van der Waals surface area (Å²) in [5.74, 6) is 0.898. The van der Waals surface area contributed by atoms with Gasteiger partial charge in [0.2, 0.25) is 0 Å². The summed E-state index contributed by atoms with van der Waals surface area (Å²) in [6.45, 7) is 0. The van der Waals surface area contributed by atoms with E-state index in [4.69, 9.17) is 4.74 Å². The molecule has 2 atom stereocenters. The lowest BCUT2D eigenvalue weighted by molar-refractivity contribution is 0.414. The predicted octanol–water partition coefficient (Wildman–Crippen LogP) is 0.780. The van der Waals surface area contributed by atoms with Gasteiger partial charge >= 0.3 is 0 Å². The van der Waals surface area contributed by atoms with Crippen molar-refractivity contribution in [2.75, 3.05) is 14.2 Å². The zero-order chi connectivity index (χ0) is 10.7. The van der Waals surface area contributed by atoms with Gasteiger partial charge in [-0.15, -0.1) is 0 Å². The van der Waals surface area contributed by atoms with Gasteiger partial charge in [0.1, 0.15) is 5.75 Å². The van der Waals surface area contributed by atoms with Gasteiger partial charge in [0.25, 0.3) is 0 Å². The van der Waals surface area contributed by atoms with Crippen molar-refractivity contribution in [2.45, 2.75) is 18.6 Å². The first-order chi connectivity index (χ1) is 7.33. The van der Waals surface area contributed by atoms with Crippen molar-refractivity contribution in [3.8, 4) is 5.75 Å². The highest BCUT2D eigenvalue weighted by Gasteiger charge is 2.23. The Morgan fingerprint density at radius 2 is 2.00 bits per heavy atom. The normalized spacial score (nSPS) is 25.5. The van der Waals surface area contributed by atoms with Crippen molar-refractivity contribution in [1.82, 2.24) is 16.2 Å². The van der Waals surface area contributed by atoms with E-state index in [2.05, 4.69) is 28.3 Å². The third-order valence-corrected chi connectivity index (χ3v) is 2.77. The van der Waals surface area contributed by atoms with Crippen molar-refractivity contribution in [3.05, 3.63) is 29.8 Å². The van der Waals surface area contributed by atoms with Crippen molar-refractivity contribution in [2.24, 2.45) is 0 Å². The van der Waals surface area contributed by atoms with Gasteiger partial charge < -0.3 is 10.1 Å². The van der Waals surface area contributed by atoms with Crippen LogP contribution in [0.4, 0.5) is 0 Å². The molecule has 4 nitrogen and oxygen atoms in total. The number of hydrazine groups is 1. The molecular formula is C11H17N3O. The Morgan fingerprint density at radius 3 is 2.53 bits per heavy atom. The second-order valence-corrected chi connectivity index (χ2v) is 3.69. The molecule has 1 fully saturated rings. The molecule has 0 aliphatic carbocycles. The van der Waals surface area contributed by atoms with E-state index in [9.17, 15) is 0 Å². The first kappa shape index (κ1) is 10.4. The summed E-state index contributed by atoms with van der Waals surface area (Å²) in [5.41, 5.74) is 7.73. The van der Waals surface area contributed by atoms with Gasteiger partial charge in [0.15, 0.2) is 0 Å². The van der Waals surface area contributed by atoms with Crippen LogP contribution in [0.5, 0.6) is 5.75 Å². The topological polar surface area (TPSA) is 45.3 Å². The molecule has 0 bridgehead atoms. The average molecular weight is 207 g/mol. The number of rotatable bonds is 3. The number of nitrogens with one attached hydrogen (secondary N) is 3. The van der Waals surface area contributed by atoms with Gasteiger partial charge in [0.05, 0.1) is 13.3 Å². The minimum atomic E-state index is 0.345. The van der Waals surface area contributed by atoms with Crippen LogP contribution in [0.1, 0.15) is 18.0 Å². The molecule has 2 unspecified atom stereocenters. The smallest absolute Gasteiger partial charge is 0.118 e. The maximum atomic E-state index is 5.13. The molecule has 2 rings (SSSR count). The molecule has 1 aromatic rings. The van der Waals surface area contributed by atoms with Gasteiger partial charge in [-0.2, -0.15) is 0 Å². The number of hydrogen-bond acceptors (Lipinski definition) is 4. The molecule has 1 saturated heterocycles. The van der Waals surface area contributed by atoms with Crippen molar-refractivity contribution in [1.29, 1.82) is 0 Å². The average Bonchev–Trinajstić information content (AvgIpc) is 2.78. The fourth-order valence-electron chi connectivity index (χ4n) is 1.80. The Balaban J connectivity index is 2.04. The standard InChI is InChI=1S/C11H17N3O/c1-12-11-7-10(13-14-11)8-3-5-9(15-2)6-4-8/h3-6,10-14H,7H2,1-2H3. The Hall–Kier alpha value is -1.10. The highest BCUT2D eigenvalue weighted by atomic mass is 16.5. The Kier molecular flexibility index (Phi) is 3.20. The van der Waals surface area contributed by atoms with Crippen molar-refractivity contribution >= 4 is 0 Å². The fraction of sp³-hybridized carbons (Fsp3) is 0.455. The second kappa shape index (κ2) is 4.61. The van der Waals surface area contributed by atoms with Gasteiger partial charge in [0, 0.05) is 6.04 Å². The van der Waals surface area contributed by atoms with Crippen LogP contribution in [0.2, 0.25) is 0 Å². The van der Waals surface area contributed by atoms with Gasteiger partial charge in [-0.3, -0.25) is 0 Å². The zero-order valence-corrected chi connectivity index (χ0v) is 9.08. The monoisotopic (exact) mass is 207 g/mol. The lowest BCUT2D eigenvalue weighted by Crippen LogP contribution is -2.38. The SMILES string of the molecule is CNC1CC(c2ccc(OC)cc2)NN1. The number of methoxy groups -OCH3 is 1. The summed E-state index contributed by atoms with van der Waals surface area (Å²) < 4.78 is 5.13. The van der Waals surface area contributed by atoms with Crippen LogP contribution in [-0.4, -0.2) is 20.3 Å².